The molecule has 94 valence electrons. The molecule has 0 atom stereocenters. The summed E-state index contributed by atoms with van der Waals surface area (Å²) in [4.78, 5) is 0. The lowest BCUT2D eigenvalue weighted by molar-refractivity contribution is 0.467. The second-order valence-electron chi connectivity index (χ2n) is 4.05. The van der Waals surface area contributed by atoms with E-state index in [-0.39, 0.29) is 5.75 Å². The van der Waals surface area contributed by atoms with Gasteiger partial charge < -0.3 is 10.4 Å². The molecule has 0 unspecified atom stereocenters. The Morgan fingerprint density at radius 3 is 2.56 bits per heavy atom. The number of nitrogens with one attached hydrogen (secondary N) is 1. The van der Waals surface area contributed by atoms with Crippen molar-refractivity contribution in [2.24, 2.45) is 0 Å². The van der Waals surface area contributed by atoms with Gasteiger partial charge in [-0.25, -0.2) is 4.39 Å². The fourth-order valence-corrected chi connectivity index (χ4v) is 1.95. The van der Waals surface area contributed by atoms with Crippen molar-refractivity contribution in [3.63, 3.8) is 0 Å². The maximum Gasteiger partial charge on any atom is 0.127 e. The summed E-state index contributed by atoms with van der Waals surface area (Å²) in [6.07, 6.45) is 0. The highest BCUT2D eigenvalue weighted by atomic mass is 35.5. The second kappa shape index (κ2) is 5.85. The maximum absolute atomic E-state index is 13.0. The Bertz CT molecular complexity index is 525. The van der Waals surface area contributed by atoms with Crippen molar-refractivity contribution in [3.8, 4) is 5.75 Å². The molecule has 0 aliphatic rings. The molecule has 0 aliphatic heterocycles. The van der Waals surface area contributed by atoms with Crippen LogP contribution in [0.3, 0.4) is 0 Å². The minimum atomic E-state index is -0.436. The van der Waals surface area contributed by atoms with E-state index in [4.69, 9.17) is 11.6 Å². The van der Waals surface area contributed by atoms with Gasteiger partial charge in [0.25, 0.3) is 0 Å². The molecule has 18 heavy (non-hydrogen) atoms. The standard InChI is InChI=1S/C14H13ClFNO/c15-12-3-1-2-10(4-12)8-17-9-11-5-13(16)7-14(18)6-11/h1-7,17-18H,8-9H2. The van der Waals surface area contributed by atoms with Crippen molar-refractivity contribution in [2.45, 2.75) is 13.1 Å². The van der Waals surface area contributed by atoms with E-state index < -0.39 is 5.82 Å². The molecule has 0 amide bonds. The quantitative estimate of drug-likeness (QED) is 0.887. The third kappa shape index (κ3) is 3.72. The number of aromatic hydroxyl groups is 1. The molecule has 2 aromatic carbocycles. The van der Waals surface area contributed by atoms with Gasteiger partial charge in [0.2, 0.25) is 0 Å². The van der Waals surface area contributed by atoms with Crippen LogP contribution in [0.5, 0.6) is 5.75 Å². The van der Waals surface area contributed by atoms with Gasteiger partial charge in [0.05, 0.1) is 0 Å². The van der Waals surface area contributed by atoms with Crippen LogP contribution in [0.2, 0.25) is 5.02 Å². The SMILES string of the molecule is Oc1cc(F)cc(CNCc2cccc(Cl)c2)c1. The molecule has 2 rings (SSSR count). The van der Waals surface area contributed by atoms with Gasteiger partial charge in [-0.2, -0.15) is 0 Å². The van der Waals surface area contributed by atoms with E-state index in [9.17, 15) is 9.50 Å². The van der Waals surface area contributed by atoms with Gasteiger partial charge in [0, 0.05) is 24.2 Å². The van der Waals surface area contributed by atoms with Crippen LogP contribution in [0.25, 0.3) is 0 Å². The van der Waals surface area contributed by atoms with Crippen LogP contribution in [0.4, 0.5) is 4.39 Å². The van der Waals surface area contributed by atoms with Gasteiger partial charge in [-0.1, -0.05) is 23.7 Å². The van der Waals surface area contributed by atoms with Gasteiger partial charge in [-0.15, -0.1) is 0 Å². The summed E-state index contributed by atoms with van der Waals surface area (Å²) in [7, 11) is 0. The second-order valence-corrected chi connectivity index (χ2v) is 4.49. The first-order valence-electron chi connectivity index (χ1n) is 5.57. The third-order valence-electron chi connectivity index (χ3n) is 2.49. The predicted octanol–water partition coefficient (Wildman–Crippen LogP) is 3.47. The van der Waals surface area contributed by atoms with Crippen LogP contribution in [-0.2, 0) is 13.1 Å². The smallest absolute Gasteiger partial charge is 0.127 e. The monoisotopic (exact) mass is 265 g/mol. The molecule has 0 saturated carbocycles. The first-order chi connectivity index (χ1) is 8.63. The number of benzene rings is 2. The van der Waals surface area contributed by atoms with Crippen LogP contribution >= 0.6 is 11.6 Å². The van der Waals surface area contributed by atoms with Crippen LogP contribution in [0.1, 0.15) is 11.1 Å². The minimum absolute atomic E-state index is 0.0606. The fourth-order valence-electron chi connectivity index (χ4n) is 1.73. The summed E-state index contributed by atoms with van der Waals surface area (Å²) in [6.45, 7) is 1.12. The third-order valence-corrected chi connectivity index (χ3v) is 2.72. The summed E-state index contributed by atoms with van der Waals surface area (Å²) < 4.78 is 13.0. The lowest BCUT2D eigenvalue weighted by Crippen LogP contribution is -2.12. The zero-order valence-electron chi connectivity index (χ0n) is 9.66. The van der Waals surface area contributed by atoms with Gasteiger partial charge in [0.15, 0.2) is 0 Å². The highest BCUT2D eigenvalue weighted by molar-refractivity contribution is 6.30. The van der Waals surface area contributed by atoms with Crippen molar-refractivity contribution in [2.75, 3.05) is 0 Å². The number of rotatable bonds is 4. The van der Waals surface area contributed by atoms with Gasteiger partial charge in [-0.05, 0) is 35.4 Å². The molecule has 2 nitrogen and oxygen atoms in total. The van der Waals surface area contributed by atoms with E-state index in [1.54, 1.807) is 0 Å². The van der Waals surface area contributed by atoms with Gasteiger partial charge in [-0.3, -0.25) is 0 Å². The molecular formula is C14H13ClFNO. The van der Waals surface area contributed by atoms with E-state index in [0.29, 0.717) is 23.7 Å². The average molecular weight is 266 g/mol. The zero-order chi connectivity index (χ0) is 13.0. The van der Waals surface area contributed by atoms with Crippen molar-refractivity contribution >= 4 is 11.6 Å². The topological polar surface area (TPSA) is 32.3 Å². The Hall–Kier alpha value is -1.58. The molecular weight excluding hydrogens is 253 g/mol. The van der Waals surface area contributed by atoms with E-state index >= 15 is 0 Å². The molecule has 0 heterocycles. The number of hydrogen-bond donors (Lipinski definition) is 2. The minimum Gasteiger partial charge on any atom is -0.508 e. The van der Waals surface area contributed by atoms with Crippen molar-refractivity contribution in [1.82, 2.24) is 5.32 Å². The summed E-state index contributed by atoms with van der Waals surface area (Å²) in [6, 6.07) is 11.5. The number of hydrogen-bond acceptors (Lipinski definition) is 2. The summed E-state index contributed by atoms with van der Waals surface area (Å²) in [5.41, 5.74) is 1.76. The van der Waals surface area contributed by atoms with Gasteiger partial charge >= 0.3 is 0 Å². The van der Waals surface area contributed by atoms with E-state index in [1.807, 2.05) is 24.3 Å². The molecule has 0 aromatic heterocycles. The molecule has 2 aromatic rings. The van der Waals surface area contributed by atoms with Crippen molar-refractivity contribution in [3.05, 3.63) is 64.4 Å². The Morgan fingerprint density at radius 2 is 1.83 bits per heavy atom. The number of phenolic OH excluding ortho intramolecular Hbond substituents is 1. The Morgan fingerprint density at radius 1 is 1.06 bits per heavy atom. The Kier molecular flexibility index (Phi) is 4.18. The largest absolute Gasteiger partial charge is 0.508 e. The molecule has 2 N–H and O–H groups in total. The van der Waals surface area contributed by atoms with E-state index in [2.05, 4.69) is 5.32 Å². The Labute approximate surface area is 110 Å². The van der Waals surface area contributed by atoms with Crippen LogP contribution < -0.4 is 5.32 Å². The fraction of sp³-hybridized carbons (Fsp3) is 0.143. The molecule has 0 aliphatic carbocycles. The van der Waals surface area contributed by atoms with Crippen LogP contribution in [0.15, 0.2) is 42.5 Å². The Balaban J connectivity index is 1.92. The molecule has 0 spiro atoms. The summed E-state index contributed by atoms with van der Waals surface area (Å²) in [5.74, 6) is -0.496. The average Bonchev–Trinajstić information content (AvgIpc) is 2.27. The van der Waals surface area contributed by atoms with Gasteiger partial charge in [0.1, 0.15) is 11.6 Å². The first-order valence-corrected chi connectivity index (χ1v) is 5.95. The van der Waals surface area contributed by atoms with E-state index in [1.165, 1.54) is 12.1 Å². The molecule has 0 saturated heterocycles. The predicted molar refractivity (Wildman–Crippen MR) is 70.1 cm³/mol. The maximum atomic E-state index is 13.0. The van der Waals surface area contributed by atoms with Crippen LogP contribution in [0, 0.1) is 5.82 Å². The molecule has 0 fully saturated rings. The summed E-state index contributed by atoms with van der Waals surface area (Å²) in [5, 5.41) is 13.1. The molecule has 0 radical (unpaired) electrons. The molecule has 0 bridgehead atoms. The normalized spacial score (nSPS) is 10.6. The van der Waals surface area contributed by atoms with Crippen LogP contribution in [-0.4, -0.2) is 5.11 Å². The number of phenols is 1. The first kappa shape index (κ1) is 12.9. The number of halogens is 2. The molecule has 4 heteroatoms. The highest BCUT2D eigenvalue weighted by Gasteiger charge is 2.00. The lowest BCUT2D eigenvalue weighted by atomic mass is 10.2. The van der Waals surface area contributed by atoms with Crippen molar-refractivity contribution in [1.29, 1.82) is 0 Å². The zero-order valence-corrected chi connectivity index (χ0v) is 10.4. The lowest BCUT2D eigenvalue weighted by Gasteiger charge is -2.06. The highest BCUT2D eigenvalue weighted by Crippen LogP contribution is 2.15. The summed E-state index contributed by atoms with van der Waals surface area (Å²) >= 11 is 5.87. The van der Waals surface area contributed by atoms with Crippen molar-refractivity contribution < 1.29 is 9.50 Å². The van der Waals surface area contributed by atoms with E-state index in [0.717, 1.165) is 11.6 Å².